The number of non-ortho nitro benzene ring substituents is 1. The molecule has 9 heteroatoms. The van der Waals surface area contributed by atoms with E-state index in [1.807, 2.05) is 23.6 Å². The van der Waals surface area contributed by atoms with E-state index in [1.54, 1.807) is 35.2 Å². The molecular formula is C26H28N4O4S. The second-order valence-corrected chi connectivity index (χ2v) is 9.81. The van der Waals surface area contributed by atoms with Crippen molar-refractivity contribution in [3.63, 3.8) is 0 Å². The lowest BCUT2D eigenvalue weighted by atomic mass is 10.0. The second-order valence-electron chi connectivity index (χ2n) is 8.89. The van der Waals surface area contributed by atoms with Gasteiger partial charge in [-0.15, -0.1) is 11.3 Å². The first-order chi connectivity index (χ1) is 16.8. The minimum absolute atomic E-state index is 0.0826. The molecule has 2 heterocycles. The molecule has 0 aliphatic carbocycles. The van der Waals surface area contributed by atoms with Gasteiger partial charge in [-0.3, -0.25) is 24.6 Å². The maximum atomic E-state index is 13.2. The molecule has 4 rings (SSSR count). The molecule has 1 aliphatic heterocycles. The summed E-state index contributed by atoms with van der Waals surface area (Å²) in [6, 6.07) is 15.9. The summed E-state index contributed by atoms with van der Waals surface area (Å²) in [6.07, 6.45) is 0. The number of nitrogens with zero attached hydrogens (tertiary/aromatic N) is 3. The van der Waals surface area contributed by atoms with Crippen molar-refractivity contribution in [2.24, 2.45) is 0 Å². The molecule has 3 aromatic rings. The van der Waals surface area contributed by atoms with Gasteiger partial charge in [-0.25, -0.2) is 0 Å². The molecule has 1 aliphatic rings. The van der Waals surface area contributed by atoms with Gasteiger partial charge in [0.1, 0.15) is 5.00 Å². The lowest BCUT2D eigenvalue weighted by Gasteiger charge is -2.34. The smallest absolute Gasteiger partial charge is 0.269 e. The van der Waals surface area contributed by atoms with Crippen molar-refractivity contribution in [3.8, 4) is 0 Å². The maximum Gasteiger partial charge on any atom is 0.269 e. The van der Waals surface area contributed by atoms with Crippen LogP contribution in [0.15, 0.2) is 60.0 Å². The van der Waals surface area contributed by atoms with Crippen molar-refractivity contribution >= 4 is 33.8 Å². The number of rotatable bonds is 7. The quantitative estimate of drug-likeness (QED) is 0.370. The fourth-order valence-corrected chi connectivity index (χ4v) is 4.85. The summed E-state index contributed by atoms with van der Waals surface area (Å²) in [4.78, 5) is 40.5. The van der Waals surface area contributed by atoms with Crippen LogP contribution in [0.4, 0.5) is 10.7 Å². The number of piperazine rings is 1. The molecule has 0 atom stereocenters. The molecule has 1 aromatic heterocycles. The van der Waals surface area contributed by atoms with Crippen molar-refractivity contribution in [1.29, 1.82) is 0 Å². The summed E-state index contributed by atoms with van der Waals surface area (Å²) in [7, 11) is 0. The van der Waals surface area contributed by atoms with Gasteiger partial charge in [0.25, 0.3) is 17.5 Å². The molecule has 0 unspecified atom stereocenters. The molecule has 1 N–H and O–H groups in total. The molecule has 182 valence electrons. The van der Waals surface area contributed by atoms with E-state index in [2.05, 4.69) is 24.1 Å². The highest BCUT2D eigenvalue weighted by atomic mass is 32.1. The monoisotopic (exact) mass is 492 g/mol. The van der Waals surface area contributed by atoms with Crippen LogP contribution < -0.4 is 5.32 Å². The first-order valence-electron chi connectivity index (χ1n) is 11.6. The molecule has 35 heavy (non-hydrogen) atoms. The minimum Gasteiger partial charge on any atom is -0.336 e. The standard InChI is InChI=1S/C26H28N4O4S/c1-18(2)20-6-8-21(9-7-20)24(31)27-25-23(10-15-35-25)26(32)29-13-11-28(12-14-29)17-19-4-3-5-22(16-19)30(33)34/h3-10,15-16,18H,11-14,17H2,1-2H3,(H,27,31). The predicted octanol–water partition coefficient (Wildman–Crippen LogP) is 4.99. The van der Waals surface area contributed by atoms with Gasteiger partial charge in [0.05, 0.1) is 10.5 Å². The summed E-state index contributed by atoms with van der Waals surface area (Å²) in [5, 5.41) is 16.3. The van der Waals surface area contributed by atoms with Gasteiger partial charge in [0, 0.05) is 50.4 Å². The van der Waals surface area contributed by atoms with Gasteiger partial charge in [0.2, 0.25) is 0 Å². The molecular weight excluding hydrogens is 464 g/mol. The van der Waals surface area contributed by atoms with E-state index in [-0.39, 0.29) is 17.5 Å². The number of nitrogens with one attached hydrogen (secondary N) is 1. The molecule has 2 aromatic carbocycles. The summed E-state index contributed by atoms with van der Waals surface area (Å²) in [5.74, 6) is 0.0468. The van der Waals surface area contributed by atoms with Crippen LogP contribution >= 0.6 is 11.3 Å². The predicted molar refractivity (Wildman–Crippen MR) is 137 cm³/mol. The summed E-state index contributed by atoms with van der Waals surface area (Å²) < 4.78 is 0. The summed E-state index contributed by atoms with van der Waals surface area (Å²) in [6.45, 7) is 7.24. The number of carbonyl (C=O) groups excluding carboxylic acids is 2. The Bertz CT molecular complexity index is 1210. The van der Waals surface area contributed by atoms with Crippen LogP contribution in [-0.4, -0.2) is 52.7 Å². The second kappa shape index (κ2) is 10.8. The van der Waals surface area contributed by atoms with Crippen LogP contribution in [0.2, 0.25) is 0 Å². The van der Waals surface area contributed by atoms with Crippen LogP contribution in [0.3, 0.4) is 0 Å². The number of hydrogen-bond donors (Lipinski definition) is 1. The first-order valence-corrected chi connectivity index (χ1v) is 12.4. The average molecular weight is 493 g/mol. The highest BCUT2D eigenvalue weighted by Gasteiger charge is 2.25. The number of nitro benzene ring substituents is 1. The molecule has 8 nitrogen and oxygen atoms in total. The Morgan fingerprint density at radius 2 is 1.77 bits per heavy atom. The Kier molecular flexibility index (Phi) is 7.57. The molecule has 0 spiro atoms. The van der Waals surface area contributed by atoms with Crippen molar-refractivity contribution in [3.05, 3.63) is 92.3 Å². The van der Waals surface area contributed by atoms with Gasteiger partial charge in [-0.05, 0) is 40.6 Å². The molecule has 1 fully saturated rings. The minimum atomic E-state index is -0.391. The lowest BCUT2D eigenvalue weighted by molar-refractivity contribution is -0.384. The number of benzene rings is 2. The zero-order valence-corrected chi connectivity index (χ0v) is 20.6. The zero-order chi connectivity index (χ0) is 24.9. The van der Waals surface area contributed by atoms with Crippen molar-refractivity contribution in [2.75, 3.05) is 31.5 Å². The van der Waals surface area contributed by atoms with E-state index in [0.717, 1.165) is 11.1 Å². The Balaban J connectivity index is 1.35. The van der Waals surface area contributed by atoms with Crippen LogP contribution in [0, 0.1) is 10.1 Å². The number of hydrogen-bond acceptors (Lipinski definition) is 6. The van der Waals surface area contributed by atoms with E-state index in [9.17, 15) is 19.7 Å². The van der Waals surface area contributed by atoms with Gasteiger partial charge >= 0.3 is 0 Å². The average Bonchev–Trinajstić information content (AvgIpc) is 3.32. The van der Waals surface area contributed by atoms with Crippen LogP contribution in [-0.2, 0) is 6.54 Å². The molecule has 1 saturated heterocycles. The van der Waals surface area contributed by atoms with Crippen LogP contribution in [0.1, 0.15) is 51.6 Å². The van der Waals surface area contributed by atoms with Crippen LogP contribution in [0.25, 0.3) is 0 Å². The van der Waals surface area contributed by atoms with Crippen molar-refractivity contribution in [2.45, 2.75) is 26.3 Å². The molecule has 0 radical (unpaired) electrons. The largest absolute Gasteiger partial charge is 0.336 e. The molecule has 0 bridgehead atoms. The third kappa shape index (κ3) is 5.93. The fraction of sp³-hybridized carbons (Fsp3) is 0.308. The molecule has 0 saturated carbocycles. The third-order valence-electron chi connectivity index (χ3n) is 6.15. The number of nitro groups is 1. The van der Waals surface area contributed by atoms with Crippen LogP contribution in [0.5, 0.6) is 0 Å². The Labute approximate surface area is 208 Å². The van der Waals surface area contributed by atoms with E-state index < -0.39 is 4.92 Å². The Hall–Kier alpha value is -3.56. The number of amides is 2. The van der Waals surface area contributed by atoms with Crippen molar-refractivity contribution < 1.29 is 14.5 Å². The van der Waals surface area contributed by atoms with Gasteiger partial charge < -0.3 is 10.2 Å². The van der Waals surface area contributed by atoms with Gasteiger partial charge in [-0.2, -0.15) is 0 Å². The van der Waals surface area contributed by atoms with Crippen molar-refractivity contribution in [1.82, 2.24) is 9.80 Å². The molecule has 2 amide bonds. The number of thiophene rings is 1. The fourth-order valence-electron chi connectivity index (χ4n) is 4.08. The highest BCUT2D eigenvalue weighted by molar-refractivity contribution is 7.14. The van der Waals surface area contributed by atoms with E-state index in [0.29, 0.717) is 54.8 Å². The van der Waals surface area contributed by atoms with Gasteiger partial charge in [0.15, 0.2) is 0 Å². The SMILES string of the molecule is CC(C)c1ccc(C(=O)Nc2sccc2C(=O)N2CCN(Cc3cccc([N+](=O)[O-])c3)CC2)cc1. The maximum absolute atomic E-state index is 13.2. The Morgan fingerprint density at radius 3 is 2.43 bits per heavy atom. The third-order valence-corrected chi connectivity index (χ3v) is 6.98. The normalized spacial score (nSPS) is 14.2. The number of carbonyl (C=O) groups is 2. The van der Waals surface area contributed by atoms with Gasteiger partial charge in [-0.1, -0.05) is 38.1 Å². The lowest BCUT2D eigenvalue weighted by Crippen LogP contribution is -2.48. The van der Waals surface area contributed by atoms with E-state index in [4.69, 9.17) is 0 Å². The summed E-state index contributed by atoms with van der Waals surface area (Å²) >= 11 is 1.33. The van der Waals surface area contributed by atoms with E-state index in [1.165, 1.54) is 17.4 Å². The zero-order valence-electron chi connectivity index (χ0n) is 19.8. The first kappa shape index (κ1) is 24.6. The van der Waals surface area contributed by atoms with E-state index >= 15 is 0 Å². The topological polar surface area (TPSA) is 95.8 Å². The summed E-state index contributed by atoms with van der Waals surface area (Å²) in [5.41, 5.74) is 3.17. The number of anilines is 1. The Morgan fingerprint density at radius 1 is 1.06 bits per heavy atom. The highest BCUT2D eigenvalue weighted by Crippen LogP contribution is 2.26.